The van der Waals surface area contributed by atoms with Crippen LogP contribution in [0.1, 0.15) is 29.2 Å². The summed E-state index contributed by atoms with van der Waals surface area (Å²) in [6, 6.07) is 3.75. The molecule has 0 fully saturated rings. The molecule has 0 aliphatic carbocycles. The maximum absolute atomic E-state index is 12.0. The van der Waals surface area contributed by atoms with Crippen LogP contribution < -0.4 is 19.5 Å². The van der Waals surface area contributed by atoms with E-state index in [0.717, 1.165) is 16.8 Å². The molecule has 1 atom stereocenters. The highest BCUT2D eigenvalue weighted by molar-refractivity contribution is 5.94. The summed E-state index contributed by atoms with van der Waals surface area (Å²) in [7, 11) is 4.71. The third-order valence-electron chi connectivity index (χ3n) is 4.08. The summed E-state index contributed by atoms with van der Waals surface area (Å²) in [5.74, 6) is 2.06. The Balaban J connectivity index is 2.15. The summed E-state index contributed by atoms with van der Waals surface area (Å²) in [5.41, 5.74) is 2.83. The van der Waals surface area contributed by atoms with Gasteiger partial charge in [-0.1, -0.05) is 0 Å². The number of aryl methyl sites for hydroxylation is 1. The summed E-state index contributed by atoms with van der Waals surface area (Å²) < 4.78 is 16.2. The summed E-state index contributed by atoms with van der Waals surface area (Å²) in [6.07, 6.45) is 0.339. The highest BCUT2D eigenvalue weighted by Gasteiger charge is 2.31. The number of ether oxygens (including phenoxy) is 3. The molecule has 0 saturated heterocycles. The van der Waals surface area contributed by atoms with E-state index in [0.29, 0.717) is 29.5 Å². The van der Waals surface area contributed by atoms with Gasteiger partial charge in [0.2, 0.25) is 11.7 Å². The summed E-state index contributed by atoms with van der Waals surface area (Å²) in [6.45, 7) is 1.94. The van der Waals surface area contributed by atoms with Gasteiger partial charge in [-0.15, -0.1) is 0 Å². The predicted molar refractivity (Wildman–Crippen MR) is 84.5 cm³/mol. The van der Waals surface area contributed by atoms with Gasteiger partial charge in [-0.2, -0.15) is 5.10 Å². The van der Waals surface area contributed by atoms with E-state index in [-0.39, 0.29) is 11.8 Å². The van der Waals surface area contributed by atoms with Crippen molar-refractivity contribution in [1.29, 1.82) is 0 Å². The van der Waals surface area contributed by atoms with Crippen LogP contribution in [0, 0.1) is 6.92 Å². The summed E-state index contributed by atoms with van der Waals surface area (Å²) in [5, 5.41) is 9.88. The fourth-order valence-electron chi connectivity index (χ4n) is 3.02. The van der Waals surface area contributed by atoms with E-state index >= 15 is 0 Å². The predicted octanol–water partition coefficient (Wildman–Crippen LogP) is 2.22. The summed E-state index contributed by atoms with van der Waals surface area (Å²) >= 11 is 0. The standard InChI is InChI=1S/C16H19N3O4/c1-8-14-10(7-13(20)17-16(14)19-18-8)9-5-11(21-2)15(23-4)12(6-9)22-3/h5-6,10H,7H2,1-4H3,(H2,17,18,19,20)/t10-/m0/s1. The van der Waals surface area contributed by atoms with Crippen LogP contribution in [0.3, 0.4) is 0 Å². The summed E-state index contributed by atoms with van der Waals surface area (Å²) in [4.78, 5) is 12.0. The third-order valence-corrected chi connectivity index (χ3v) is 4.08. The Labute approximate surface area is 133 Å². The zero-order chi connectivity index (χ0) is 16.6. The third kappa shape index (κ3) is 2.48. The Bertz CT molecular complexity index is 729. The average molecular weight is 317 g/mol. The van der Waals surface area contributed by atoms with E-state index in [1.165, 1.54) is 0 Å². The molecule has 0 saturated carbocycles. The van der Waals surface area contributed by atoms with Gasteiger partial charge in [0.25, 0.3) is 0 Å². The van der Waals surface area contributed by atoms with Crippen LogP contribution in [-0.4, -0.2) is 37.4 Å². The first-order chi connectivity index (χ1) is 11.1. The SMILES string of the molecule is COc1cc([C@@H]2CC(=O)Nc3n[nH]c(C)c32)cc(OC)c1OC. The Hall–Kier alpha value is -2.70. The maximum Gasteiger partial charge on any atom is 0.226 e. The molecule has 0 bridgehead atoms. The second-order valence-corrected chi connectivity index (χ2v) is 5.37. The highest BCUT2D eigenvalue weighted by Crippen LogP contribution is 2.44. The second kappa shape index (κ2) is 5.83. The molecule has 1 aromatic heterocycles. The molecule has 0 spiro atoms. The number of hydrogen-bond donors (Lipinski definition) is 2. The number of benzene rings is 1. The molecule has 1 aliphatic rings. The largest absolute Gasteiger partial charge is 0.493 e. The lowest BCUT2D eigenvalue weighted by atomic mass is 9.85. The molecule has 122 valence electrons. The van der Waals surface area contributed by atoms with Crippen molar-refractivity contribution in [1.82, 2.24) is 10.2 Å². The van der Waals surface area contributed by atoms with E-state index in [1.54, 1.807) is 21.3 Å². The Kier molecular flexibility index (Phi) is 3.85. The first kappa shape index (κ1) is 15.2. The van der Waals surface area contributed by atoms with Gasteiger partial charge in [0.1, 0.15) is 0 Å². The van der Waals surface area contributed by atoms with Gasteiger partial charge in [-0.3, -0.25) is 9.89 Å². The van der Waals surface area contributed by atoms with E-state index in [9.17, 15) is 4.79 Å². The van der Waals surface area contributed by atoms with E-state index < -0.39 is 0 Å². The van der Waals surface area contributed by atoms with Gasteiger partial charge < -0.3 is 19.5 Å². The van der Waals surface area contributed by atoms with Gasteiger partial charge in [0.15, 0.2) is 17.3 Å². The number of carbonyl (C=O) groups is 1. The van der Waals surface area contributed by atoms with Crippen LogP contribution in [0.15, 0.2) is 12.1 Å². The smallest absolute Gasteiger partial charge is 0.226 e. The van der Waals surface area contributed by atoms with Gasteiger partial charge in [0.05, 0.1) is 21.3 Å². The number of methoxy groups -OCH3 is 3. The normalized spacial score (nSPS) is 16.5. The minimum atomic E-state index is -0.119. The van der Waals surface area contributed by atoms with Crippen molar-refractivity contribution in [2.45, 2.75) is 19.3 Å². The zero-order valence-electron chi connectivity index (χ0n) is 13.5. The number of amides is 1. The van der Waals surface area contributed by atoms with Crippen LogP contribution in [0.5, 0.6) is 17.2 Å². The highest BCUT2D eigenvalue weighted by atomic mass is 16.5. The van der Waals surface area contributed by atoms with Gasteiger partial charge in [0, 0.05) is 23.6 Å². The molecule has 0 unspecified atom stereocenters. The Morgan fingerprint density at radius 2 is 1.78 bits per heavy atom. The van der Waals surface area contributed by atoms with Crippen molar-refractivity contribution < 1.29 is 19.0 Å². The number of anilines is 1. The number of fused-ring (bicyclic) bond motifs is 1. The molecule has 3 rings (SSSR count). The lowest BCUT2D eigenvalue weighted by Crippen LogP contribution is -2.23. The van der Waals surface area contributed by atoms with Crippen LogP contribution in [0.2, 0.25) is 0 Å². The molecular weight excluding hydrogens is 298 g/mol. The fourth-order valence-corrected chi connectivity index (χ4v) is 3.02. The number of H-pyrrole nitrogens is 1. The lowest BCUT2D eigenvalue weighted by molar-refractivity contribution is -0.116. The van der Waals surface area contributed by atoms with E-state index in [4.69, 9.17) is 14.2 Å². The molecular formula is C16H19N3O4. The minimum absolute atomic E-state index is 0.0669. The minimum Gasteiger partial charge on any atom is -0.493 e. The number of rotatable bonds is 4. The van der Waals surface area contributed by atoms with Crippen molar-refractivity contribution in [2.24, 2.45) is 0 Å². The van der Waals surface area contributed by atoms with Crippen LogP contribution in [0.4, 0.5) is 5.82 Å². The Morgan fingerprint density at radius 3 is 2.35 bits per heavy atom. The number of aromatic nitrogens is 2. The molecule has 7 heteroatoms. The van der Waals surface area contributed by atoms with Gasteiger partial charge in [-0.25, -0.2) is 0 Å². The fraction of sp³-hybridized carbons (Fsp3) is 0.375. The number of nitrogens with zero attached hydrogens (tertiary/aromatic N) is 1. The molecule has 23 heavy (non-hydrogen) atoms. The first-order valence-corrected chi connectivity index (χ1v) is 7.23. The molecule has 0 radical (unpaired) electrons. The van der Waals surface area contributed by atoms with Gasteiger partial charge in [-0.05, 0) is 24.6 Å². The maximum atomic E-state index is 12.0. The van der Waals surface area contributed by atoms with E-state index in [2.05, 4.69) is 15.5 Å². The lowest BCUT2D eigenvalue weighted by Gasteiger charge is -2.24. The molecule has 2 N–H and O–H groups in total. The number of hydrogen-bond acceptors (Lipinski definition) is 5. The number of carbonyl (C=O) groups excluding carboxylic acids is 1. The van der Waals surface area contributed by atoms with Crippen LogP contribution in [-0.2, 0) is 4.79 Å². The van der Waals surface area contributed by atoms with E-state index in [1.807, 2.05) is 19.1 Å². The molecule has 1 aromatic carbocycles. The van der Waals surface area contributed by atoms with Gasteiger partial charge >= 0.3 is 0 Å². The van der Waals surface area contributed by atoms with Crippen molar-refractivity contribution in [3.05, 3.63) is 29.0 Å². The topological polar surface area (TPSA) is 85.5 Å². The number of nitrogens with one attached hydrogen (secondary N) is 2. The number of aromatic amines is 1. The quantitative estimate of drug-likeness (QED) is 0.903. The average Bonchev–Trinajstić information content (AvgIpc) is 2.93. The van der Waals surface area contributed by atoms with Crippen molar-refractivity contribution in [2.75, 3.05) is 26.6 Å². The van der Waals surface area contributed by atoms with Crippen LogP contribution in [0.25, 0.3) is 0 Å². The zero-order valence-corrected chi connectivity index (χ0v) is 13.5. The molecule has 1 aliphatic heterocycles. The second-order valence-electron chi connectivity index (χ2n) is 5.37. The van der Waals surface area contributed by atoms with Crippen molar-refractivity contribution in [3.8, 4) is 17.2 Å². The van der Waals surface area contributed by atoms with Crippen molar-refractivity contribution in [3.63, 3.8) is 0 Å². The van der Waals surface area contributed by atoms with Crippen LogP contribution >= 0.6 is 0 Å². The monoisotopic (exact) mass is 317 g/mol. The molecule has 2 aromatic rings. The Morgan fingerprint density at radius 1 is 1.13 bits per heavy atom. The molecule has 1 amide bonds. The molecule has 2 heterocycles. The molecule has 7 nitrogen and oxygen atoms in total. The van der Waals surface area contributed by atoms with Crippen molar-refractivity contribution >= 4 is 11.7 Å². The first-order valence-electron chi connectivity index (χ1n) is 7.23.